The Bertz CT molecular complexity index is 801. The second kappa shape index (κ2) is 5.63. The fourth-order valence-electron chi connectivity index (χ4n) is 1.92. The van der Waals surface area contributed by atoms with Gasteiger partial charge in [0.1, 0.15) is 4.21 Å². The van der Waals surface area contributed by atoms with Crippen LogP contribution in [0.15, 0.2) is 50.6 Å². The molecule has 1 atom stereocenters. The lowest BCUT2D eigenvalue weighted by molar-refractivity contribution is 0.687. The number of pyridine rings is 1. The van der Waals surface area contributed by atoms with Crippen molar-refractivity contribution in [2.75, 3.05) is 4.72 Å². The zero-order valence-electron chi connectivity index (χ0n) is 10.6. The second-order valence-corrected chi connectivity index (χ2v) is 8.16. The van der Waals surface area contributed by atoms with Crippen LogP contribution in [0.2, 0.25) is 0 Å². The van der Waals surface area contributed by atoms with Crippen LogP contribution in [-0.2, 0) is 11.0 Å². The highest BCUT2D eigenvalue weighted by Crippen LogP contribution is 2.29. The van der Waals surface area contributed by atoms with Crippen molar-refractivity contribution in [2.24, 2.45) is 0 Å². The number of hydrogen-bond acceptors (Lipinski definition) is 3. The van der Waals surface area contributed by atoms with Gasteiger partial charge in [0.25, 0.3) is 0 Å². The van der Waals surface area contributed by atoms with Gasteiger partial charge in [-0.05, 0) is 46.6 Å². The lowest BCUT2D eigenvalue weighted by atomic mass is 10.1. The number of anilines is 1. The summed E-state index contributed by atoms with van der Waals surface area (Å²) in [5.41, 5.74) is 2.70. The van der Waals surface area contributed by atoms with E-state index in [0.29, 0.717) is 0 Å². The van der Waals surface area contributed by atoms with E-state index in [2.05, 4.69) is 25.6 Å². The van der Waals surface area contributed by atoms with E-state index in [4.69, 9.17) is 0 Å². The standard InChI is InChI=1S/C14H11BrN2OS2/c1-9-4-5-10-3-2-8-16-14(10)13(9)17-20(18)12-7-6-11(15)19-12/h2-8,17H,1H3. The summed E-state index contributed by atoms with van der Waals surface area (Å²) in [6, 6.07) is 11.7. The topological polar surface area (TPSA) is 42.0 Å². The molecule has 2 heterocycles. The first-order valence-corrected chi connectivity index (χ1v) is 8.69. The minimum atomic E-state index is -1.28. The van der Waals surface area contributed by atoms with Crippen molar-refractivity contribution in [3.8, 4) is 0 Å². The molecule has 0 bridgehead atoms. The van der Waals surface area contributed by atoms with E-state index >= 15 is 0 Å². The SMILES string of the molecule is Cc1ccc2cccnc2c1NS(=O)c1ccc(Br)s1. The Labute approximate surface area is 131 Å². The average Bonchev–Trinajstić information content (AvgIpc) is 2.89. The van der Waals surface area contributed by atoms with E-state index in [-0.39, 0.29) is 0 Å². The molecule has 0 saturated carbocycles. The average molecular weight is 367 g/mol. The van der Waals surface area contributed by atoms with E-state index in [1.165, 1.54) is 11.3 Å². The Balaban J connectivity index is 2.02. The molecule has 3 nitrogen and oxygen atoms in total. The van der Waals surface area contributed by atoms with Gasteiger partial charge < -0.3 is 0 Å². The Hall–Kier alpha value is -1.24. The molecule has 0 aliphatic rings. The van der Waals surface area contributed by atoms with Crippen molar-refractivity contribution in [1.29, 1.82) is 0 Å². The first-order chi connectivity index (χ1) is 9.65. The highest BCUT2D eigenvalue weighted by Gasteiger charge is 2.11. The molecule has 2 aromatic heterocycles. The van der Waals surface area contributed by atoms with Crippen molar-refractivity contribution < 1.29 is 4.21 Å². The molecule has 3 rings (SSSR count). The number of nitrogens with zero attached hydrogens (tertiary/aromatic N) is 1. The van der Waals surface area contributed by atoms with Gasteiger partial charge in [-0.25, -0.2) is 4.21 Å². The van der Waals surface area contributed by atoms with Gasteiger partial charge in [0.15, 0.2) is 11.0 Å². The third-order valence-electron chi connectivity index (χ3n) is 2.91. The van der Waals surface area contributed by atoms with E-state index in [1.54, 1.807) is 6.20 Å². The van der Waals surface area contributed by atoms with Crippen LogP contribution >= 0.6 is 27.3 Å². The zero-order chi connectivity index (χ0) is 14.1. The van der Waals surface area contributed by atoms with E-state index in [0.717, 1.165) is 30.1 Å². The van der Waals surface area contributed by atoms with Crippen LogP contribution in [0, 0.1) is 6.92 Å². The summed E-state index contributed by atoms with van der Waals surface area (Å²) in [6.07, 6.45) is 1.75. The minimum Gasteiger partial charge on any atom is -0.298 e. The zero-order valence-corrected chi connectivity index (χ0v) is 13.8. The third-order valence-corrected chi connectivity index (χ3v) is 5.92. The van der Waals surface area contributed by atoms with Gasteiger partial charge in [-0.15, -0.1) is 11.3 Å². The first-order valence-electron chi connectivity index (χ1n) is 5.93. The number of halogens is 1. The van der Waals surface area contributed by atoms with Gasteiger partial charge in [0, 0.05) is 11.6 Å². The molecule has 0 spiro atoms. The molecule has 3 aromatic rings. The Kier molecular flexibility index (Phi) is 3.87. The first kappa shape index (κ1) is 13.7. The van der Waals surface area contributed by atoms with Gasteiger partial charge in [0.05, 0.1) is 15.0 Å². The van der Waals surface area contributed by atoms with Crippen LogP contribution in [0.4, 0.5) is 5.69 Å². The minimum absolute atomic E-state index is 0.782. The third kappa shape index (κ3) is 2.63. The maximum absolute atomic E-state index is 12.4. The van der Waals surface area contributed by atoms with Gasteiger partial charge in [-0.1, -0.05) is 18.2 Å². The summed E-state index contributed by atoms with van der Waals surface area (Å²) in [6.45, 7) is 1.98. The van der Waals surface area contributed by atoms with Gasteiger partial charge in [-0.3, -0.25) is 9.71 Å². The molecule has 20 heavy (non-hydrogen) atoms. The van der Waals surface area contributed by atoms with Crippen molar-refractivity contribution in [3.63, 3.8) is 0 Å². The number of nitrogens with one attached hydrogen (secondary N) is 1. The van der Waals surface area contributed by atoms with Crippen LogP contribution in [0.3, 0.4) is 0 Å². The highest BCUT2D eigenvalue weighted by atomic mass is 79.9. The van der Waals surface area contributed by atoms with Crippen LogP contribution < -0.4 is 4.72 Å². The summed E-state index contributed by atoms with van der Waals surface area (Å²) in [5.74, 6) is 0. The number of aromatic nitrogens is 1. The van der Waals surface area contributed by atoms with Gasteiger partial charge >= 0.3 is 0 Å². The normalized spacial score (nSPS) is 12.5. The molecule has 1 aromatic carbocycles. The van der Waals surface area contributed by atoms with E-state index in [9.17, 15) is 4.21 Å². The molecule has 0 aliphatic carbocycles. The van der Waals surface area contributed by atoms with Crippen molar-refractivity contribution in [2.45, 2.75) is 11.1 Å². The summed E-state index contributed by atoms with van der Waals surface area (Å²) in [4.78, 5) is 4.39. The lowest BCUT2D eigenvalue weighted by Gasteiger charge is -2.10. The molecule has 102 valence electrons. The van der Waals surface area contributed by atoms with Gasteiger partial charge in [0.2, 0.25) is 0 Å². The summed E-state index contributed by atoms with van der Waals surface area (Å²) >= 11 is 4.84. The van der Waals surface area contributed by atoms with Crippen LogP contribution in [0.25, 0.3) is 10.9 Å². The molecule has 0 amide bonds. The summed E-state index contributed by atoms with van der Waals surface area (Å²) in [5, 5.41) is 1.03. The van der Waals surface area contributed by atoms with Crippen LogP contribution in [0.5, 0.6) is 0 Å². The molecule has 1 unspecified atom stereocenters. The van der Waals surface area contributed by atoms with Crippen LogP contribution in [-0.4, -0.2) is 9.19 Å². The Morgan fingerprint density at radius 1 is 1.25 bits per heavy atom. The maximum atomic E-state index is 12.4. The quantitative estimate of drug-likeness (QED) is 0.741. The van der Waals surface area contributed by atoms with Crippen LogP contribution in [0.1, 0.15) is 5.56 Å². The monoisotopic (exact) mass is 366 g/mol. The molecule has 0 fully saturated rings. The van der Waals surface area contributed by atoms with Crippen molar-refractivity contribution in [3.05, 3.63) is 51.9 Å². The maximum Gasteiger partial charge on any atom is 0.160 e. The predicted molar refractivity (Wildman–Crippen MR) is 88.5 cm³/mol. The molecular weight excluding hydrogens is 356 g/mol. The highest BCUT2D eigenvalue weighted by molar-refractivity contribution is 9.11. The predicted octanol–water partition coefficient (Wildman–Crippen LogP) is 4.50. The van der Waals surface area contributed by atoms with Gasteiger partial charge in [-0.2, -0.15) is 0 Å². The lowest BCUT2D eigenvalue weighted by Crippen LogP contribution is -2.05. The molecule has 0 saturated heterocycles. The molecule has 1 N–H and O–H groups in total. The molecule has 6 heteroatoms. The smallest absolute Gasteiger partial charge is 0.160 e. The van der Waals surface area contributed by atoms with E-state index < -0.39 is 11.0 Å². The summed E-state index contributed by atoms with van der Waals surface area (Å²) < 4.78 is 17.2. The second-order valence-electron chi connectivity index (χ2n) is 4.26. The summed E-state index contributed by atoms with van der Waals surface area (Å²) in [7, 11) is -1.28. The Morgan fingerprint density at radius 2 is 2.10 bits per heavy atom. The largest absolute Gasteiger partial charge is 0.298 e. The molecule has 0 aliphatic heterocycles. The van der Waals surface area contributed by atoms with Crippen molar-refractivity contribution >= 4 is 54.8 Å². The van der Waals surface area contributed by atoms with E-state index in [1.807, 2.05) is 43.3 Å². The number of fused-ring (bicyclic) bond motifs is 1. The number of rotatable bonds is 3. The molecular formula is C14H11BrN2OS2. The fourth-order valence-corrected chi connectivity index (χ4v) is 4.79. The Morgan fingerprint density at radius 3 is 2.85 bits per heavy atom. The number of benzene rings is 1. The number of hydrogen-bond donors (Lipinski definition) is 1. The van der Waals surface area contributed by atoms with Crippen molar-refractivity contribution in [1.82, 2.24) is 4.98 Å². The fraction of sp³-hybridized carbons (Fsp3) is 0.0714. The molecule has 0 radical (unpaired) electrons. The number of aryl methyl sites for hydroxylation is 1. The number of thiophene rings is 1.